The molecular formula is C29H30N4O4. The summed E-state index contributed by atoms with van der Waals surface area (Å²) < 4.78 is 12.3. The van der Waals surface area contributed by atoms with E-state index in [0.29, 0.717) is 24.8 Å². The smallest absolute Gasteiger partial charge is 0.246 e. The Bertz CT molecular complexity index is 1310. The van der Waals surface area contributed by atoms with Crippen molar-refractivity contribution in [3.63, 3.8) is 0 Å². The van der Waals surface area contributed by atoms with Crippen LogP contribution in [0.5, 0.6) is 5.75 Å². The van der Waals surface area contributed by atoms with Gasteiger partial charge in [-0.25, -0.2) is 4.98 Å². The van der Waals surface area contributed by atoms with Gasteiger partial charge in [0, 0.05) is 31.1 Å². The summed E-state index contributed by atoms with van der Waals surface area (Å²) in [6, 6.07) is 26.7. The molecule has 0 saturated carbocycles. The lowest BCUT2D eigenvalue weighted by atomic mass is 10.1. The summed E-state index contributed by atoms with van der Waals surface area (Å²) in [4.78, 5) is 32.4. The maximum atomic E-state index is 13.2. The van der Waals surface area contributed by atoms with Crippen LogP contribution in [0.2, 0.25) is 0 Å². The van der Waals surface area contributed by atoms with Gasteiger partial charge in [-0.2, -0.15) is 0 Å². The van der Waals surface area contributed by atoms with Crippen molar-refractivity contribution in [1.29, 1.82) is 0 Å². The van der Waals surface area contributed by atoms with Gasteiger partial charge < -0.3 is 14.4 Å². The molecule has 4 aromatic rings. The van der Waals surface area contributed by atoms with Crippen molar-refractivity contribution in [2.75, 3.05) is 39.2 Å². The molecule has 0 radical (unpaired) electrons. The average molecular weight is 499 g/mol. The van der Waals surface area contributed by atoms with Crippen molar-refractivity contribution in [3.05, 3.63) is 96.7 Å². The van der Waals surface area contributed by atoms with Crippen LogP contribution in [0.15, 0.2) is 91.1 Å². The molecule has 8 nitrogen and oxygen atoms in total. The minimum Gasteiger partial charge on any atom is -0.497 e. The maximum absolute atomic E-state index is 13.2. The number of benzene rings is 3. The van der Waals surface area contributed by atoms with Gasteiger partial charge in [0.15, 0.2) is 0 Å². The Hall–Kier alpha value is -4.43. The number of nitrogens with one attached hydrogen (secondary N) is 1. The molecule has 0 spiro atoms. The minimum atomic E-state index is -0.350. The van der Waals surface area contributed by atoms with Crippen molar-refractivity contribution in [1.82, 2.24) is 14.5 Å². The van der Waals surface area contributed by atoms with E-state index >= 15 is 0 Å². The molecule has 4 rings (SSSR count). The number of carbonyl (C=O) groups excluding carboxylic acids is 2. The van der Waals surface area contributed by atoms with Crippen LogP contribution in [0, 0.1) is 0 Å². The van der Waals surface area contributed by atoms with Crippen LogP contribution >= 0.6 is 0 Å². The van der Waals surface area contributed by atoms with E-state index in [1.807, 2.05) is 95.7 Å². The number of hydrogen-bond donors (Lipinski definition) is 1. The zero-order chi connectivity index (χ0) is 26.0. The molecular weight excluding hydrogens is 468 g/mol. The van der Waals surface area contributed by atoms with Gasteiger partial charge in [0.2, 0.25) is 17.8 Å². The molecule has 0 aliphatic heterocycles. The number of ether oxygens (including phenoxy) is 2. The standard InChI is InChI=1S/C29H30N4O4/c1-36-18-17-32(28(35)19-22-9-5-3-6-10-22)21-27(34)31-29-30-26(23-11-7-4-8-12-23)20-33(29)24-13-15-25(37-2)16-14-24/h3-16,20H,17-19,21H2,1-2H3,(H,30,31,34). The fraction of sp³-hybridized carbons (Fsp3) is 0.207. The molecule has 0 aliphatic rings. The maximum Gasteiger partial charge on any atom is 0.246 e. The second-order valence-corrected chi connectivity index (χ2v) is 8.40. The van der Waals surface area contributed by atoms with Crippen LogP contribution in [0.25, 0.3) is 16.9 Å². The zero-order valence-corrected chi connectivity index (χ0v) is 21.0. The van der Waals surface area contributed by atoms with E-state index in [1.165, 1.54) is 4.90 Å². The van der Waals surface area contributed by atoms with E-state index in [4.69, 9.17) is 14.5 Å². The van der Waals surface area contributed by atoms with E-state index in [9.17, 15) is 9.59 Å². The average Bonchev–Trinajstić information content (AvgIpc) is 3.35. The molecule has 1 heterocycles. The lowest BCUT2D eigenvalue weighted by Crippen LogP contribution is -2.41. The number of hydrogen-bond acceptors (Lipinski definition) is 5. The van der Waals surface area contributed by atoms with Crippen molar-refractivity contribution >= 4 is 17.8 Å². The zero-order valence-electron chi connectivity index (χ0n) is 21.0. The summed E-state index contributed by atoms with van der Waals surface area (Å²) in [6.07, 6.45) is 2.08. The number of rotatable bonds is 11. The van der Waals surface area contributed by atoms with Gasteiger partial charge in [-0.1, -0.05) is 60.7 Å². The molecule has 0 saturated heterocycles. The Balaban J connectivity index is 1.56. The SMILES string of the molecule is COCCN(CC(=O)Nc1nc(-c2ccccc2)cn1-c1ccc(OC)cc1)C(=O)Cc1ccccc1. The van der Waals surface area contributed by atoms with Crippen LogP contribution < -0.4 is 10.1 Å². The Morgan fingerprint density at radius 1 is 0.919 bits per heavy atom. The first-order valence-corrected chi connectivity index (χ1v) is 12.0. The number of anilines is 1. The number of aromatic nitrogens is 2. The highest BCUT2D eigenvalue weighted by molar-refractivity contribution is 5.94. The monoisotopic (exact) mass is 498 g/mol. The lowest BCUT2D eigenvalue weighted by Gasteiger charge is -2.22. The van der Waals surface area contributed by atoms with Gasteiger partial charge >= 0.3 is 0 Å². The van der Waals surface area contributed by atoms with Crippen LogP contribution in [0.3, 0.4) is 0 Å². The van der Waals surface area contributed by atoms with Crippen molar-refractivity contribution in [3.8, 4) is 22.7 Å². The minimum absolute atomic E-state index is 0.120. The first-order chi connectivity index (χ1) is 18.1. The van der Waals surface area contributed by atoms with Crippen LogP contribution in [0.1, 0.15) is 5.56 Å². The summed E-state index contributed by atoms with van der Waals surface area (Å²) >= 11 is 0. The first-order valence-electron chi connectivity index (χ1n) is 12.0. The second-order valence-electron chi connectivity index (χ2n) is 8.40. The largest absolute Gasteiger partial charge is 0.497 e. The highest BCUT2D eigenvalue weighted by Gasteiger charge is 2.20. The molecule has 0 unspecified atom stereocenters. The number of carbonyl (C=O) groups is 2. The predicted molar refractivity (Wildman–Crippen MR) is 143 cm³/mol. The van der Waals surface area contributed by atoms with Crippen LogP contribution in [-0.4, -0.2) is 60.2 Å². The summed E-state index contributed by atoms with van der Waals surface area (Å²) in [5, 5.41) is 2.90. The van der Waals surface area contributed by atoms with Crippen LogP contribution in [-0.2, 0) is 20.7 Å². The second kappa shape index (κ2) is 12.5. The summed E-state index contributed by atoms with van der Waals surface area (Å²) in [5.74, 6) is 0.582. The highest BCUT2D eigenvalue weighted by atomic mass is 16.5. The number of nitrogens with zero attached hydrogens (tertiary/aromatic N) is 3. The fourth-order valence-corrected chi connectivity index (χ4v) is 3.87. The molecule has 3 aromatic carbocycles. The fourth-order valence-electron chi connectivity index (χ4n) is 3.87. The quantitative estimate of drug-likeness (QED) is 0.335. The third-order valence-electron chi connectivity index (χ3n) is 5.83. The Labute approximate surface area is 216 Å². The van der Waals surface area contributed by atoms with Gasteiger partial charge in [0.25, 0.3) is 0 Å². The number of imidazole rings is 1. The molecule has 0 bridgehead atoms. The molecule has 8 heteroatoms. The third kappa shape index (κ3) is 6.83. The van der Waals surface area contributed by atoms with E-state index in [1.54, 1.807) is 14.2 Å². The predicted octanol–water partition coefficient (Wildman–Crippen LogP) is 4.20. The van der Waals surface area contributed by atoms with Gasteiger partial charge in [-0.3, -0.25) is 19.5 Å². The Kier molecular flexibility index (Phi) is 8.67. The highest BCUT2D eigenvalue weighted by Crippen LogP contribution is 2.25. The van der Waals surface area contributed by atoms with Crippen molar-refractivity contribution < 1.29 is 19.1 Å². The van der Waals surface area contributed by atoms with E-state index in [-0.39, 0.29) is 24.8 Å². The van der Waals surface area contributed by atoms with Crippen molar-refractivity contribution in [2.24, 2.45) is 0 Å². The van der Waals surface area contributed by atoms with Crippen molar-refractivity contribution in [2.45, 2.75) is 6.42 Å². The number of methoxy groups -OCH3 is 2. The molecule has 0 atom stereocenters. The van der Waals surface area contributed by atoms with E-state index in [0.717, 1.165) is 22.6 Å². The molecule has 0 aliphatic carbocycles. The summed E-state index contributed by atoms with van der Waals surface area (Å²) in [5.41, 5.74) is 3.33. The van der Waals surface area contributed by atoms with Gasteiger partial charge in [0.1, 0.15) is 12.3 Å². The van der Waals surface area contributed by atoms with Gasteiger partial charge in [-0.15, -0.1) is 0 Å². The molecule has 2 amide bonds. The molecule has 1 aromatic heterocycles. The van der Waals surface area contributed by atoms with E-state index in [2.05, 4.69) is 5.32 Å². The van der Waals surface area contributed by atoms with E-state index < -0.39 is 0 Å². The molecule has 190 valence electrons. The van der Waals surface area contributed by atoms with Crippen LogP contribution in [0.4, 0.5) is 5.95 Å². The Morgan fingerprint density at radius 2 is 1.59 bits per heavy atom. The third-order valence-corrected chi connectivity index (χ3v) is 5.83. The van der Waals surface area contributed by atoms with Gasteiger partial charge in [-0.05, 0) is 29.8 Å². The molecule has 1 N–H and O–H groups in total. The van der Waals surface area contributed by atoms with Gasteiger partial charge in [0.05, 0.1) is 25.8 Å². The molecule has 37 heavy (non-hydrogen) atoms. The lowest BCUT2D eigenvalue weighted by molar-refractivity contribution is -0.134. The number of amides is 2. The molecule has 0 fully saturated rings. The Morgan fingerprint density at radius 3 is 2.24 bits per heavy atom. The summed E-state index contributed by atoms with van der Waals surface area (Å²) in [7, 11) is 3.18. The summed E-state index contributed by atoms with van der Waals surface area (Å²) in [6.45, 7) is 0.509. The normalized spacial score (nSPS) is 10.6. The first kappa shape index (κ1) is 25.7. The topological polar surface area (TPSA) is 85.7 Å².